The summed E-state index contributed by atoms with van der Waals surface area (Å²) >= 11 is 7.88. The maximum absolute atomic E-state index is 12.2. The smallest absolute Gasteiger partial charge is 0.359 e. The Morgan fingerprint density at radius 1 is 1.50 bits per heavy atom. The first-order chi connectivity index (χ1) is 10.6. The van der Waals surface area contributed by atoms with Gasteiger partial charge in [0.15, 0.2) is 5.69 Å². The number of esters is 1. The second kappa shape index (κ2) is 6.44. The van der Waals surface area contributed by atoms with Crippen molar-refractivity contribution in [1.82, 2.24) is 14.1 Å². The molecule has 0 saturated carbocycles. The fourth-order valence-corrected chi connectivity index (χ4v) is 3.22. The number of fused-ring (bicyclic) bond motifs is 1. The largest absolute Gasteiger partial charge is 0.461 e. The molecule has 0 atom stereocenters. The molecule has 0 spiro atoms. The van der Waals surface area contributed by atoms with Gasteiger partial charge in [-0.2, -0.15) is 5.10 Å². The molecule has 0 unspecified atom stereocenters. The summed E-state index contributed by atoms with van der Waals surface area (Å²) < 4.78 is 9.83. The van der Waals surface area contributed by atoms with Crippen molar-refractivity contribution >= 4 is 34.7 Å². The summed E-state index contributed by atoms with van der Waals surface area (Å²) in [6, 6.07) is 7.86. The summed E-state index contributed by atoms with van der Waals surface area (Å²) in [6.45, 7) is 3.53. The van der Waals surface area contributed by atoms with Crippen LogP contribution in [0.1, 0.15) is 28.7 Å². The Kier molecular flexibility index (Phi) is 4.56. The minimum Gasteiger partial charge on any atom is -0.461 e. The average Bonchev–Trinajstić information content (AvgIpc) is 2.86. The first kappa shape index (κ1) is 15.6. The number of aromatic nitrogens is 2. The van der Waals surface area contributed by atoms with Gasteiger partial charge < -0.3 is 4.74 Å². The molecule has 0 bridgehead atoms. The van der Waals surface area contributed by atoms with Gasteiger partial charge in [-0.1, -0.05) is 34.8 Å². The molecule has 116 valence electrons. The number of carbonyl (C=O) groups excluding carboxylic acids is 1. The summed E-state index contributed by atoms with van der Waals surface area (Å²) in [5.74, 6) is -0.379. The topological polar surface area (TPSA) is 47.4 Å². The lowest BCUT2D eigenvalue weighted by Gasteiger charge is -2.22. The summed E-state index contributed by atoms with van der Waals surface area (Å²) in [5, 5.41) is 4.52. The van der Waals surface area contributed by atoms with Gasteiger partial charge in [0.2, 0.25) is 0 Å². The van der Waals surface area contributed by atoms with Crippen LogP contribution in [0.25, 0.3) is 5.69 Å². The number of ether oxygens (including phenoxy) is 1. The zero-order valence-electron chi connectivity index (χ0n) is 12.1. The number of halogens is 1. The van der Waals surface area contributed by atoms with Crippen molar-refractivity contribution in [3.63, 3.8) is 0 Å². The number of benzene rings is 1. The van der Waals surface area contributed by atoms with Crippen LogP contribution in [-0.2, 0) is 17.7 Å². The lowest BCUT2D eigenvalue weighted by Crippen LogP contribution is -2.24. The van der Waals surface area contributed by atoms with E-state index in [4.69, 9.17) is 4.74 Å². The van der Waals surface area contributed by atoms with Gasteiger partial charge in [-0.05, 0) is 25.1 Å². The molecule has 0 fully saturated rings. The van der Waals surface area contributed by atoms with E-state index in [1.165, 1.54) is 0 Å². The van der Waals surface area contributed by atoms with E-state index >= 15 is 0 Å². The zero-order valence-corrected chi connectivity index (χ0v) is 14.6. The van der Waals surface area contributed by atoms with Crippen LogP contribution < -0.4 is 0 Å². The molecule has 2 aromatic rings. The monoisotopic (exact) mass is 381 g/mol. The highest BCUT2D eigenvalue weighted by Crippen LogP contribution is 2.27. The highest BCUT2D eigenvalue weighted by molar-refractivity contribution is 9.10. The van der Waals surface area contributed by atoms with Crippen molar-refractivity contribution in [2.24, 2.45) is 0 Å². The molecule has 1 aromatic carbocycles. The van der Waals surface area contributed by atoms with Crippen LogP contribution in [0.5, 0.6) is 0 Å². The quantitative estimate of drug-likeness (QED) is 0.655. The Bertz CT molecular complexity index is 717. The molecular weight excluding hydrogens is 366 g/mol. The van der Waals surface area contributed by atoms with Gasteiger partial charge in [0, 0.05) is 29.5 Å². The zero-order chi connectivity index (χ0) is 15.7. The van der Waals surface area contributed by atoms with E-state index in [1.54, 1.807) is 6.92 Å². The minimum absolute atomic E-state index is 0.335. The van der Waals surface area contributed by atoms with Crippen molar-refractivity contribution in [1.29, 1.82) is 0 Å². The third-order valence-electron chi connectivity index (χ3n) is 3.56. The van der Waals surface area contributed by atoms with Crippen molar-refractivity contribution in [2.75, 3.05) is 13.2 Å². The third-order valence-corrected chi connectivity index (χ3v) is 4.39. The van der Waals surface area contributed by atoms with Crippen LogP contribution in [0, 0.1) is 0 Å². The van der Waals surface area contributed by atoms with Crippen molar-refractivity contribution in [3.05, 3.63) is 45.7 Å². The van der Waals surface area contributed by atoms with Crippen LogP contribution in [-0.4, -0.2) is 33.2 Å². The molecule has 1 aliphatic rings. The number of hydrogen-bond acceptors (Lipinski definition) is 5. The van der Waals surface area contributed by atoms with Gasteiger partial charge in [-0.3, -0.25) is 0 Å². The van der Waals surface area contributed by atoms with Crippen molar-refractivity contribution < 1.29 is 9.53 Å². The van der Waals surface area contributed by atoms with E-state index in [9.17, 15) is 4.79 Å². The van der Waals surface area contributed by atoms with Crippen molar-refractivity contribution in [3.8, 4) is 5.69 Å². The molecule has 1 aromatic heterocycles. The molecule has 0 N–H and O–H groups in total. The van der Waals surface area contributed by atoms with Gasteiger partial charge in [-0.15, -0.1) is 0 Å². The molecule has 3 rings (SSSR count). The van der Waals surface area contributed by atoms with E-state index in [2.05, 4.69) is 33.8 Å². The number of carbonyl (C=O) groups is 1. The normalized spacial score (nSPS) is 14.7. The molecule has 22 heavy (non-hydrogen) atoms. The maximum Gasteiger partial charge on any atom is 0.359 e. The van der Waals surface area contributed by atoms with Crippen molar-refractivity contribution in [2.45, 2.75) is 19.9 Å². The van der Waals surface area contributed by atoms with Crippen LogP contribution in [0.4, 0.5) is 0 Å². The molecule has 0 amide bonds. The Morgan fingerprint density at radius 3 is 3.05 bits per heavy atom. The maximum atomic E-state index is 12.2. The molecule has 7 heteroatoms. The van der Waals surface area contributed by atoms with Gasteiger partial charge in [0.25, 0.3) is 0 Å². The Labute approximate surface area is 142 Å². The molecule has 0 aliphatic carbocycles. The van der Waals surface area contributed by atoms with E-state index < -0.39 is 0 Å². The predicted octanol–water partition coefficient (Wildman–Crippen LogP) is 3.01. The number of thiol groups is 1. The summed E-state index contributed by atoms with van der Waals surface area (Å²) in [7, 11) is 0. The van der Waals surface area contributed by atoms with Gasteiger partial charge >= 0.3 is 5.97 Å². The number of rotatable bonds is 3. The van der Waals surface area contributed by atoms with E-state index in [0.717, 1.165) is 34.4 Å². The summed E-state index contributed by atoms with van der Waals surface area (Å²) in [6.07, 6.45) is 0.789. The van der Waals surface area contributed by atoms with Gasteiger partial charge in [-0.25, -0.2) is 13.8 Å². The van der Waals surface area contributed by atoms with Crippen LogP contribution in [0.3, 0.4) is 0 Å². The summed E-state index contributed by atoms with van der Waals surface area (Å²) in [5.41, 5.74) is 3.26. The van der Waals surface area contributed by atoms with E-state index in [1.807, 2.05) is 33.3 Å². The Balaban J connectivity index is 2.11. The standard InChI is InChI=1S/C15H16BrN3O2S/c1-2-21-15(20)14-12-9-18(22)7-6-13(12)19(17-14)11-5-3-4-10(16)8-11/h3-5,8,22H,2,6-7,9H2,1H3. The molecular formula is C15H16BrN3O2S. The molecule has 5 nitrogen and oxygen atoms in total. The third kappa shape index (κ3) is 2.93. The lowest BCUT2D eigenvalue weighted by atomic mass is 10.1. The second-order valence-electron chi connectivity index (χ2n) is 5.02. The van der Waals surface area contributed by atoms with E-state index in [-0.39, 0.29) is 5.97 Å². The number of nitrogens with zero attached hydrogens (tertiary/aromatic N) is 3. The highest BCUT2D eigenvalue weighted by atomic mass is 79.9. The van der Waals surface area contributed by atoms with Gasteiger partial charge in [0.05, 0.1) is 18.0 Å². The van der Waals surface area contributed by atoms with Crippen LogP contribution >= 0.6 is 28.7 Å². The Morgan fingerprint density at radius 2 is 2.32 bits per heavy atom. The first-order valence-electron chi connectivity index (χ1n) is 7.07. The molecule has 1 aliphatic heterocycles. The summed E-state index contributed by atoms with van der Waals surface area (Å²) in [4.78, 5) is 12.2. The number of hydrogen-bond donors (Lipinski definition) is 1. The molecule has 0 saturated heterocycles. The average molecular weight is 382 g/mol. The van der Waals surface area contributed by atoms with Gasteiger partial charge in [0.1, 0.15) is 0 Å². The SMILES string of the molecule is CCOC(=O)c1nn(-c2cccc(Br)c2)c2c1CN(S)CC2. The second-order valence-corrected chi connectivity index (χ2v) is 6.51. The fourth-order valence-electron chi connectivity index (χ4n) is 2.59. The fraction of sp³-hybridized carbons (Fsp3) is 0.333. The Hall–Kier alpha value is -1.31. The first-order valence-corrected chi connectivity index (χ1v) is 8.27. The lowest BCUT2D eigenvalue weighted by molar-refractivity contribution is 0.0517. The predicted molar refractivity (Wildman–Crippen MR) is 90.3 cm³/mol. The highest BCUT2D eigenvalue weighted by Gasteiger charge is 2.28. The van der Waals surface area contributed by atoms with E-state index in [0.29, 0.717) is 18.8 Å². The van der Waals surface area contributed by atoms with Crippen LogP contribution in [0.2, 0.25) is 0 Å². The molecule has 0 radical (unpaired) electrons. The van der Waals surface area contributed by atoms with Crippen LogP contribution in [0.15, 0.2) is 28.7 Å². The molecule has 2 heterocycles. The minimum atomic E-state index is -0.379.